The molecule has 2 nitrogen and oxygen atoms in total. The quantitative estimate of drug-likeness (QED) is 0.395. The molecule has 0 aromatic rings. The molecule has 0 aromatic carbocycles. The van der Waals surface area contributed by atoms with E-state index < -0.39 is 0 Å². The fourth-order valence-corrected chi connectivity index (χ4v) is 1.19. The number of carbonyl (C=O) groups is 1. The first-order chi connectivity index (χ1) is 5.91. The Morgan fingerprint density at radius 3 is 2.17 bits per heavy atom. The van der Waals surface area contributed by atoms with Crippen LogP contribution in [0.15, 0.2) is 0 Å². The average Bonchev–Trinajstić information content (AvgIpc) is 2.10. The van der Waals surface area contributed by atoms with Crippen LogP contribution in [0, 0.1) is 0 Å². The summed E-state index contributed by atoms with van der Waals surface area (Å²) in [5, 5.41) is 0. The molecule has 0 radical (unpaired) electrons. The van der Waals surface area contributed by atoms with Gasteiger partial charge in [0.2, 0.25) is 0 Å². The van der Waals surface area contributed by atoms with Gasteiger partial charge in [-0.15, -0.1) is 0 Å². The lowest BCUT2D eigenvalue weighted by molar-refractivity contribution is -0.128. The topological polar surface area (TPSA) is 26.3 Å². The zero-order valence-corrected chi connectivity index (χ0v) is 8.05. The molecule has 0 aliphatic carbocycles. The highest BCUT2D eigenvalue weighted by molar-refractivity contribution is 5.36. The fourth-order valence-electron chi connectivity index (χ4n) is 1.19. The van der Waals surface area contributed by atoms with Crippen LogP contribution in [-0.2, 0) is 9.53 Å². The van der Waals surface area contributed by atoms with E-state index in [0.29, 0.717) is 13.1 Å². The Hall–Kier alpha value is -0.530. The summed E-state index contributed by atoms with van der Waals surface area (Å²) in [4.78, 5) is 9.76. The summed E-state index contributed by atoms with van der Waals surface area (Å²) in [6.45, 7) is 3.34. The van der Waals surface area contributed by atoms with Crippen LogP contribution in [0.3, 0.4) is 0 Å². The molecule has 2 heteroatoms. The van der Waals surface area contributed by atoms with Crippen molar-refractivity contribution >= 4 is 6.47 Å². The number of unbranched alkanes of at least 4 members (excludes halogenated alkanes) is 6. The maximum Gasteiger partial charge on any atom is 0.293 e. The number of hydrogen-bond acceptors (Lipinski definition) is 2. The van der Waals surface area contributed by atoms with Gasteiger partial charge in [0.05, 0.1) is 6.61 Å². The standard InChI is InChI=1S/C10H20O2/c1-2-3-4-5-6-7-8-9-12-10-11/h10H,2-9H2,1H3. The summed E-state index contributed by atoms with van der Waals surface area (Å²) in [6, 6.07) is 0. The first-order valence-corrected chi connectivity index (χ1v) is 4.97. The maximum absolute atomic E-state index is 9.76. The van der Waals surface area contributed by atoms with Crippen LogP contribution in [0.2, 0.25) is 0 Å². The molecular weight excluding hydrogens is 152 g/mol. The summed E-state index contributed by atoms with van der Waals surface area (Å²) in [6.07, 6.45) is 8.82. The third-order valence-corrected chi connectivity index (χ3v) is 1.93. The summed E-state index contributed by atoms with van der Waals surface area (Å²) in [7, 11) is 0. The van der Waals surface area contributed by atoms with E-state index in [1.807, 2.05) is 0 Å². The van der Waals surface area contributed by atoms with Gasteiger partial charge in [-0.2, -0.15) is 0 Å². The molecule has 0 fully saturated rings. The monoisotopic (exact) mass is 172 g/mol. The van der Waals surface area contributed by atoms with E-state index in [0.717, 1.165) is 6.42 Å². The van der Waals surface area contributed by atoms with E-state index in [4.69, 9.17) is 0 Å². The second kappa shape index (κ2) is 10.5. The number of hydrogen-bond donors (Lipinski definition) is 0. The smallest absolute Gasteiger partial charge is 0.293 e. The van der Waals surface area contributed by atoms with Crippen molar-refractivity contribution in [3.8, 4) is 0 Å². The second-order valence-electron chi connectivity index (χ2n) is 3.09. The SMILES string of the molecule is CCCCCCCCCOC=O. The number of ether oxygens (including phenoxy) is 1. The molecule has 0 rings (SSSR count). The molecule has 0 atom stereocenters. The Bertz CT molecular complexity index is 91.8. The lowest BCUT2D eigenvalue weighted by Gasteiger charge is -1.99. The largest absolute Gasteiger partial charge is 0.468 e. The molecule has 0 saturated heterocycles. The molecule has 0 aliphatic heterocycles. The van der Waals surface area contributed by atoms with Gasteiger partial charge in [0.15, 0.2) is 0 Å². The Labute approximate surface area is 75.3 Å². The highest BCUT2D eigenvalue weighted by Gasteiger charge is 1.90. The predicted molar refractivity (Wildman–Crippen MR) is 50.0 cm³/mol. The van der Waals surface area contributed by atoms with Gasteiger partial charge in [-0.1, -0.05) is 45.4 Å². The van der Waals surface area contributed by atoms with Crippen molar-refractivity contribution in [1.29, 1.82) is 0 Å². The molecule has 0 aliphatic rings. The van der Waals surface area contributed by atoms with Crippen LogP contribution < -0.4 is 0 Å². The molecule has 0 bridgehead atoms. The van der Waals surface area contributed by atoms with E-state index in [1.54, 1.807) is 0 Å². The van der Waals surface area contributed by atoms with Crippen LogP contribution in [0.4, 0.5) is 0 Å². The fraction of sp³-hybridized carbons (Fsp3) is 0.900. The average molecular weight is 172 g/mol. The van der Waals surface area contributed by atoms with Crippen LogP contribution >= 0.6 is 0 Å². The predicted octanol–water partition coefficient (Wildman–Crippen LogP) is 2.91. The lowest BCUT2D eigenvalue weighted by Crippen LogP contribution is -1.91. The van der Waals surface area contributed by atoms with Crippen LogP contribution in [0.5, 0.6) is 0 Å². The van der Waals surface area contributed by atoms with Crippen molar-refractivity contribution in [2.45, 2.75) is 51.9 Å². The lowest BCUT2D eigenvalue weighted by atomic mass is 10.1. The number of rotatable bonds is 9. The van der Waals surface area contributed by atoms with Gasteiger partial charge in [0.1, 0.15) is 0 Å². The van der Waals surface area contributed by atoms with Gasteiger partial charge in [-0.25, -0.2) is 0 Å². The molecule has 0 heterocycles. The third kappa shape index (κ3) is 9.47. The van der Waals surface area contributed by atoms with Crippen molar-refractivity contribution in [2.24, 2.45) is 0 Å². The van der Waals surface area contributed by atoms with E-state index in [2.05, 4.69) is 11.7 Å². The number of carbonyl (C=O) groups excluding carboxylic acids is 1. The normalized spacial score (nSPS) is 9.75. The Morgan fingerprint density at radius 2 is 1.58 bits per heavy atom. The van der Waals surface area contributed by atoms with Crippen LogP contribution in [-0.4, -0.2) is 13.1 Å². The zero-order valence-electron chi connectivity index (χ0n) is 8.05. The van der Waals surface area contributed by atoms with Crippen LogP contribution in [0.25, 0.3) is 0 Å². The van der Waals surface area contributed by atoms with Crippen LogP contribution in [0.1, 0.15) is 51.9 Å². The maximum atomic E-state index is 9.76. The summed E-state index contributed by atoms with van der Waals surface area (Å²) < 4.78 is 4.58. The molecule has 0 amide bonds. The molecule has 12 heavy (non-hydrogen) atoms. The van der Waals surface area contributed by atoms with Crippen molar-refractivity contribution < 1.29 is 9.53 Å². The Kier molecular flexibility index (Phi) is 10.0. The van der Waals surface area contributed by atoms with Crippen molar-refractivity contribution in [3.05, 3.63) is 0 Å². The molecule has 0 spiro atoms. The third-order valence-electron chi connectivity index (χ3n) is 1.93. The van der Waals surface area contributed by atoms with E-state index >= 15 is 0 Å². The van der Waals surface area contributed by atoms with Crippen molar-refractivity contribution in [3.63, 3.8) is 0 Å². The minimum Gasteiger partial charge on any atom is -0.468 e. The highest BCUT2D eigenvalue weighted by Crippen LogP contribution is 2.06. The van der Waals surface area contributed by atoms with Crippen molar-refractivity contribution in [1.82, 2.24) is 0 Å². The molecule has 0 saturated carbocycles. The van der Waals surface area contributed by atoms with E-state index in [1.165, 1.54) is 38.5 Å². The van der Waals surface area contributed by atoms with Gasteiger partial charge < -0.3 is 4.74 Å². The van der Waals surface area contributed by atoms with E-state index in [-0.39, 0.29) is 0 Å². The van der Waals surface area contributed by atoms with Gasteiger partial charge in [0, 0.05) is 0 Å². The molecule has 0 aromatic heterocycles. The first kappa shape index (κ1) is 11.5. The first-order valence-electron chi connectivity index (χ1n) is 4.97. The summed E-state index contributed by atoms with van der Waals surface area (Å²) in [5.41, 5.74) is 0. The zero-order chi connectivity index (χ0) is 9.07. The minimum absolute atomic E-state index is 0.525. The van der Waals surface area contributed by atoms with E-state index in [9.17, 15) is 4.79 Å². The second-order valence-corrected chi connectivity index (χ2v) is 3.09. The Balaban J connectivity index is 2.77. The minimum atomic E-state index is 0.525. The van der Waals surface area contributed by atoms with Gasteiger partial charge in [-0.05, 0) is 6.42 Å². The van der Waals surface area contributed by atoms with Gasteiger partial charge >= 0.3 is 0 Å². The van der Waals surface area contributed by atoms with Gasteiger partial charge in [0.25, 0.3) is 6.47 Å². The molecular formula is C10H20O2. The molecule has 72 valence electrons. The highest BCUT2D eigenvalue weighted by atomic mass is 16.5. The van der Waals surface area contributed by atoms with Crippen molar-refractivity contribution in [2.75, 3.05) is 6.61 Å². The molecule has 0 N–H and O–H groups in total. The Morgan fingerprint density at radius 1 is 1.00 bits per heavy atom. The van der Waals surface area contributed by atoms with Gasteiger partial charge in [-0.3, -0.25) is 4.79 Å². The molecule has 0 unspecified atom stereocenters. The summed E-state index contributed by atoms with van der Waals surface area (Å²) >= 11 is 0. The summed E-state index contributed by atoms with van der Waals surface area (Å²) in [5.74, 6) is 0.